The molecule has 0 aromatic carbocycles. The molecule has 0 aromatic heterocycles. The Balaban J connectivity index is 2.23. The lowest BCUT2D eigenvalue weighted by molar-refractivity contribution is 0.0785. The first-order valence-corrected chi connectivity index (χ1v) is 7.80. The molecule has 1 rings (SSSR count). The first-order valence-electron chi connectivity index (χ1n) is 6.09. The Morgan fingerprint density at radius 1 is 1.38 bits per heavy atom. The van der Waals surface area contributed by atoms with Crippen molar-refractivity contribution in [1.29, 1.82) is 0 Å². The summed E-state index contributed by atoms with van der Waals surface area (Å²) in [7, 11) is -2.90. The lowest BCUT2D eigenvalue weighted by Crippen LogP contribution is -2.38. The van der Waals surface area contributed by atoms with E-state index < -0.39 is 9.84 Å². The summed E-state index contributed by atoms with van der Waals surface area (Å²) in [4.78, 5) is 0. The second-order valence-electron chi connectivity index (χ2n) is 4.43. The zero-order valence-electron chi connectivity index (χ0n) is 10.2. The molecule has 1 atom stereocenters. The summed E-state index contributed by atoms with van der Waals surface area (Å²) < 4.78 is 28.7. The van der Waals surface area contributed by atoms with E-state index in [4.69, 9.17) is 4.74 Å². The van der Waals surface area contributed by atoms with E-state index in [2.05, 4.69) is 5.32 Å². The van der Waals surface area contributed by atoms with E-state index in [0.29, 0.717) is 19.0 Å². The summed E-state index contributed by atoms with van der Waals surface area (Å²) in [6, 6.07) is 0.431. The van der Waals surface area contributed by atoms with Gasteiger partial charge >= 0.3 is 0 Å². The van der Waals surface area contributed by atoms with Gasteiger partial charge in [0, 0.05) is 25.8 Å². The van der Waals surface area contributed by atoms with E-state index in [1.54, 1.807) is 6.92 Å². The van der Waals surface area contributed by atoms with Gasteiger partial charge in [-0.15, -0.1) is 0 Å². The Kier molecular flexibility index (Phi) is 5.72. The maximum Gasteiger partial charge on any atom is 0.154 e. The fraction of sp³-hybridized carbons (Fsp3) is 1.00. The van der Waals surface area contributed by atoms with Crippen molar-refractivity contribution < 1.29 is 13.2 Å². The van der Waals surface area contributed by atoms with Crippen LogP contribution in [0.1, 0.15) is 33.1 Å². The van der Waals surface area contributed by atoms with Gasteiger partial charge in [-0.25, -0.2) is 8.42 Å². The molecule has 0 amide bonds. The summed E-state index contributed by atoms with van der Waals surface area (Å²) in [5.41, 5.74) is 0. The largest absolute Gasteiger partial charge is 0.381 e. The molecule has 0 aliphatic carbocycles. The van der Waals surface area contributed by atoms with E-state index in [1.165, 1.54) is 0 Å². The maximum atomic E-state index is 11.7. The lowest BCUT2D eigenvalue weighted by Gasteiger charge is -2.23. The highest BCUT2D eigenvalue weighted by molar-refractivity contribution is 7.92. The van der Waals surface area contributed by atoms with Crippen LogP contribution in [0.3, 0.4) is 0 Å². The fourth-order valence-corrected chi connectivity index (χ4v) is 3.07. The van der Waals surface area contributed by atoms with Crippen LogP contribution in [0.4, 0.5) is 0 Å². The van der Waals surface area contributed by atoms with E-state index in [9.17, 15) is 8.42 Å². The van der Waals surface area contributed by atoms with Gasteiger partial charge in [0.1, 0.15) is 0 Å². The van der Waals surface area contributed by atoms with Crippen LogP contribution in [0.5, 0.6) is 0 Å². The molecule has 1 fully saturated rings. The molecule has 1 saturated heterocycles. The number of ether oxygens (including phenoxy) is 1. The molecule has 0 saturated carbocycles. The fourth-order valence-electron chi connectivity index (χ4n) is 1.76. The van der Waals surface area contributed by atoms with Gasteiger partial charge in [0.25, 0.3) is 0 Å². The molecule has 96 valence electrons. The minimum atomic E-state index is -2.90. The molecule has 4 nitrogen and oxygen atoms in total. The number of nitrogens with one attached hydrogen (secondary N) is 1. The average Bonchev–Trinajstić information content (AvgIpc) is 2.29. The third-order valence-corrected chi connectivity index (χ3v) is 5.56. The van der Waals surface area contributed by atoms with E-state index in [0.717, 1.165) is 26.1 Å². The average molecular weight is 249 g/mol. The van der Waals surface area contributed by atoms with Gasteiger partial charge in [0.2, 0.25) is 0 Å². The Morgan fingerprint density at radius 2 is 2.00 bits per heavy atom. The van der Waals surface area contributed by atoms with Gasteiger partial charge < -0.3 is 10.1 Å². The summed E-state index contributed by atoms with van der Waals surface area (Å²) in [5, 5.41) is 3.08. The van der Waals surface area contributed by atoms with Crippen LogP contribution in [0.2, 0.25) is 0 Å². The van der Waals surface area contributed by atoms with Gasteiger partial charge in [-0.2, -0.15) is 0 Å². The van der Waals surface area contributed by atoms with Crippen molar-refractivity contribution in [2.24, 2.45) is 0 Å². The van der Waals surface area contributed by atoms with Crippen LogP contribution in [-0.2, 0) is 14.6 Å². The minimum Gasteiger partial charge on any atom is -0.381 e. The van der Waals surface area contributed by atoms with Crippen molar-refractivity contribution in [1.82, 2.24) is 5.32 Å². The van der Waals surface area contributed by atoms with Crippen LogP contribution in [-0.4, -0.2) is 45.2 Å². The van der Waals surface area contributed by atoms with Gasteiger partial charge in [0.15, 0.2) is 9.84 Å². The van der Waals surface area contributed by atoms with Crippen LogP contribution in [0.25, 0.3) is 0 Å². The van der Waals surface area contributed by atoms with Crippen LogP contribution >= 0.6 is 0 Å². The molecule has 16 heavy (non-hydrogen) atoms. The molecule has 1 N–H and O–H groups in total. The van der Waals surface area contributed by atoms with Gasteiger partial charge in [-0.3, -0.25) is 0 Å². The normalized spacial score (nSPS) is 20.9. The lowest BCUT2D eigenvalue weighted by atomic mass is 10.1. The Hall–Kier alpha value is -0.130. The van der Waals surface area contributed by atoms with Crippen molar-refractivity contribution in [3.63, 3.8) is 0 Å². The Morgan fingerprint density at radius 3 is 2.56 bits per heavy atom. The van der Waals surface area contributed by atoms with Crippen molar-refractivity contribution in [3.8, 4) is 0 Å². The number of hydrogen-bond donors (Lipinski definition) is 1. The second-order valence-corrected chi connectivity index (χ2v) is 6.97. The molecule has 5 heteroatoms. The topological polar surface area (TPSA) is 55.4 Å². The molecule has 0 bridgehead atoms. The van der Waals surface area contributed by atoms with Crippen LogP contribution in [0, 0.1) is 0 Å². The minimum absolute atomic E-state index is 0.219. The second kappa shape index (κ2) is 6.57. The van der Waals surface area contributed by atoms with Crippen molar-refractivity contribution in [3.05, 3.63) is 0 Å². The molecule has 0 radical (unpaired) electrons. The summed E-state index contributed by atoms with van der Waals surface area (Å²) in [6.45, 7) is 5.83. The summed E-state index contributed by atoms with van der Waals surface area (Å²) >= 11 is 0. The summed E-state index contributed by atoms with van der Waals surface area (Å²) in [5.74, 6) is 0.249. The molecular weight excluding hydrogens is 226 g/mol. The molecule has 0 spiro atoms. The number of sulfone groups is 1. The smallest absolute Gasteiger partial charge is 0.154 e. The first kappa shape index (κ1) is 13.9. The standard InChI is InChI=1S/C11H23NO3S/c1-3-10(2)16(13,14)9-6-12-11-4-7-15-8-5-11/h10-12H,3-9H2,1-2H3. The third kappa shape index (κ3) is 4.39. The van der Waals surface area contributed by atoms with Crippen molar-refractivity contribution in [2.45, 2.75) is 44.4 Å². The molecule has 1 unspecified atom stereocenters. The third-order valence-electron chi connectivity index (χ3n) is 3.23. The van der Waals surface area contributed by atoms with Crippen LogP contribution in [0.15, 0.2) is 0 Å². The molecule has 1 heterocycles. The zero-order chi connectivity index (χ0) is 12.0. The zero-order valence-corrected chi connectivity index (χ0v) is 11.1. The predicted molar refractivity (Wildman–Crippen MR) is 65.4 cm³/mol. The number of rotatable bonds is 6. The highest BCUT2D eigenvalue weighted by atomic mass is 32.2. The van der Waals surface area contributed by atoms with Gasteiger partial charge in [-0.1, -0.05) is 6.92 Å². The Bertz CT molecular complexity index is 284. The van der Waals surface area contributed by atoms with E-state index in [1.807, 2.05) is 6.92 Å². The molecule has 1 aliphatic rings. The highest BCUT2D eigenvalue weighted by Crippen LogP contribution is 2.08. The van der Waals surface area contributed by atoms with Gasteiger partial charge in [0.05, 0.1) is 11.0 Å². The molecule has 0 aromatic rings. The van der Waals surface area contributed by atoms with Crippen molar-refractivity contribution >= 4 is 9.84 Å². The highest BCUT2D eigenvalue weighted by Gasteiger charge is 2.19. The quantitative estimate of drug-likeness (QED) is 0.762. The first-order chi connectivity index (χ1) is 7.56. The van der Waals surface area contributed by atoms with E-state index in [-0.39, 0.29) is 11.0 Å². The monoisotopic (exact) mass is 249 g/mol. The SMILES string of the molecule is CCC(C)S(=O)(=O)CCNC1CCOCC1. The maximum absolute atomic E-state index is 11.7. The van der Waals surface area contributed by atoms with Crippen LogP contribution < -0.4 is 5.32 Å². The molecule has 1 aliphatic heterocycles. The van der Waals surface area contributed by atoms with E-state index >= 15 is 0 Å². The molecular formula is C11H23NO3S. The number of hydrogen-bond acceptors (Lipinski definition) is 4. The van der Waals surface area contributed by atoms with Crippen molar-refractivity contribution in [2.75, 3.05) is 25.5 Å². The Labute approximate surface area is 98.7 Å². The predicted octanol–water partition coefficient (Wildman–Crippen LogP) is 0.968. The summed E-state index contributed by atoms with van der Waals surface area (Å²) in [6.07, 6.45) is 2.67. The van der Waals surface area contributed by atoms with Gasteiger partial charge in [-0.05, 0) is 26.2 Å².